The molecule has 0 heterocycles. The normalized spacial score (nSPS) is 12.0. The molecule has 2 rings (SSSR count). The van der Waals surface area contributed by atoms with Crippen molar-refractivity contribution in [2.24, 2.45) is 0 Å². The molecule has 0 atom stereocenters. The van der Waals surface area contributed by atoms with Crippen LogP contribution in [0, 0.1) is 0 Å². The van der Waals surface area contributed by atoms with Crippen molar-refractivity contribution in [3.8, 4) is 0 Å². The SMILES string of the molecule is CCS(=O)(=O)Nc1ccc(S(=O)(=O)Nc2ccc(Cl)c(Cl)c2)cc1. The van der Waals surface area contributed by atoms with Gasteiger partial charge in [-0.25, -0.2) is 16.8 Å². The topological polar surface area (TPSA) is 92.3 Å². The molecule has 2 N–H and O–H groups in total. The van der Waals surface area contributed by atoms with Gasteiger partial charge in [-0.05, 0) is 49.4 Å². The Morgan fingerprint density at radius 1 is 0.833 bits per heavy atom. The van der Waals surface area contributed by atoms with Gasteiger partial charge in [-0.2, -0.15) is 0 Å². The second-order valence-electron chi connectivity index (χ2n) is 4.76. The summed E-state index contributed by atoms with van der Waals surface area (Å²) in [6.07, 6.45) is 0. The van der Waals surface area contributed by atoms with Crippen molar-refractivity contribution < 1.29 is 16.8 Å². The van der Waals surface area contributed by atoms with Crippen LogP contribution in [-0.2, 0) is 20.0 Å². The van der Waals surface area contributed by atoms with Gasteiger partial charge in [-0.1, -0.05) is 23.2 Å². The summed E-state index contributed by atoms with van der Waals surface area (Å²) in [5.74, 6) is -0.0774. The first-order chi connectivity index (χ1) is 11.1. The maximum Gasteiger partial charge on any atom is 0.261 e. The van der Waals surface area contributed by atoms with Crippen molar-refractivity contribution in [3.63, 3.8) is 0 Å². The molecule has 0 radical (unpaired) electrons. The number of hydrogen-bond acceptors (Lipinski definition) is 4. The van der Waals surface area contributed by atoms with Gasteiger partial charge in [0.1, 0.15) is 0 Å². The molecular formula is C14H14Cl2N2O4S2. The van der Waals surface area contributed by atoms with Crippen LogP contribution >= 0.6 is 23.2 Å². The zero-order valence-corrected chi connectivity index (χ0v) is 15.6. The lowest BCUT2D eigenvalue weighted by atomic mass is 10.3. The van der Waals surface area contributed by atoms with Gasteiger partial charge in [-0.3, -0.25) is 9.44 Å². The first kappa shape index (κ1) is 18.9. The molecule has 10 heteroatoms. The summed E-state index contributed by atoms with van der Waals surface area (Å²) >= 11 is 11.6. The monoisotopic (exact) mass is 408 g/mol. The van der Waals surface area contributed by atoms with Crippen molar-refractivity contribution >= 4 is 54.6 Å². The number of hydrogen-bond donors (Lipinski definition) is 2. The van der Waals surface area contributed by atoms with Gasteiger partial charge in [0.25, 0.3) is 10.0 Å². The zero-order valence-electron chi connectivity index (χ0n) is 12.5. The minimum Gasteiger partial charge on any atom is -0.284 e. The number of sulfonamides is 2. The Balaban J connectivity index is 2.21. The van der Waals surface area contributed by atoms with Gasteiger partial charge in [0.05, 0.1) is 26.4 Å². The lowest BCUT2D eigenvalue weighted by Crippen LogP contribution is -2.15. The highest BCUT2D eigenvalue weighted by molar-refractivity contribution is 7.93. The van der Waals surface area contributed by atoms with E-state index in [0.29, 0.717) is 5.02 Å². The van der Waals surface area contributed by atoms with Gasteiger partial charge in [-0.15, -0.1) is 0 Å². The molecule has 0 aliphatic carbocycles. The molecule has 0 saturated carbocycles. The first-order valence-corrected chi connectivity index (χ1v) is 10.6. The van der Waals surface area contributed by atoms with Crippen molar-refractivity contribution in [2.45, 2.75) is 11.8 Å². The van der Waals surface area contributed by atoms with E-state index in [2.05, 4.69) is 9.44 Å². The van der Waals surface area contributed by atoms with E-state index in [4.69, 9.17) is 23.2 Å². The lowest BCUT2D eigenvalue weighted by Gasteiger charge is -2.10. The largest absolute Gasteiger partial charge is 0.284 e. The maximum absolute atomic E-state index is 12.3. The van der Waals surface area contributed by atoms with Crippen LogP contribution in [0.3, 0.4) is 0 Å². The second-order valence-corrected chi connectivity index (χ2v) is 9.27. The van der Waals surface area contributed by atoms with E-state index in [1.807, 2.05) is 0 Å². The van der Waals surface area contributed by atoms with Gasteiger partial charge < -0.3 is 0 Å². The fourth-order valence-corrected chi connectivity index (χ4v) is 3.71. The smallest absolute Gasteiger partial charge is 0.261 e. The van der Waals surface area contributed by atoms with Crippen LogP contribution < -0.4 is 9.44 Å². The molecule has 0 spiro atoms. The highest BCUT2D eigenvalue weighted by Crippen LogP contribution is 2.26. The fraction of sp³-hybridized carbons (Fsp3) is 0.143. The van der Waals surface area contributed by atoms with Crippen LogP contribution in [0.1, 0.15) is 6.92 Å². The van der Waals surface area contributed by atoms with E-state index in [1.165, 1.54) is 49.4 Å². The van der Waals surface area contributed by atoms with Gasteiger partial charge in [0.2, 0.25) is 10.0 Å². The summed E-state index contributed by atoms with van der Waals surface area (Å²) in [6, 6.07) is 9.69. The molecule has 0 amide bonds. The minimum absolute atomic E-state index is 0.0204. The molecule has 2 aromatic rings. The Kier molecular flexibility index (Phi) is 5.64. The third kappa shape index (κ3) is 4.76. The van der Waals surface area contributed by atoms with Crippen molar-refractivity contribution in [3.05, 3.63) is 52.5 Å². The summed E-state index contributed by atoms with van der Waals surface area (Å²) in [4.78, 5) is -0.0204. The zero-order chi connectivity index (χ0) is 18.0. The van der Waals surface area contributed by atoms with Crippen molar-refractivity contribution in [1.82, 2.24) is 0 Å². The standard InChI is InChI=1S/C14H14Cl2N2O4S2/c1-2-23(19,20)17-10-3-6-12(7-4-10)24(21,22)18-11-5-8-13(15)14(16)9-11/h3-9,17-18H,2H2,1H3. The van der Waals surface area contributed by atoms with Crippen LogP contribution in [0.5, 0.6) is 0 Å². The van der Waals surface area contributed by atoms with E-state index in [0.717, 1.165) is 0 Å². The molecule has 6 nitrogen and oxygen atoms in total. The Labute approximate surface area is 150 Å². The number of anilines is 2. The molecule has 24 heavy (non-hydrogen) atoms. The van der Waals surface area contributed by atoms with Crippen LogP contribution in [0.2, 0.25) is 10.0 Å². The molecule has 2 aromatic carbocycles. The highest BCUT2D eigenvalue weighted by atomic mass is 35.5. The average Bonchev–Trinajstić information content (AvgIpc) is 2.51. The summed E-state index contributed by atoms with van der Waals surface area (Å²) in [5, 5.41) is 0.536. The molecule has 130 valence electrons. The predicted octanol–water partition coefficient (Wildman–Crippen LogP) is 3.56. The quantitative estimate of drug-likeness (QED) is 0.763. The third-order valence-electron chi connectivity index (χ3n) is 2.99. The van der Waals surface area contributed by atoms with Gasteiger partial charge >= 0.3 is 0 Å². The molecule has 0 fully saturated rings. The maximum atomic E-state index is 12.3. The predicted molar refractivity (Wildman–Crippen MR) is 96.8 cm³/mol. The molecule has 0 aliphatic rings. The highest BCUT2D eigenvalue weighted by Gasteiger charge is 2.15. The lowest BCUT2D eigenvalue weighted by molar-refractivity contribution is 0.600. The number of nitrogens with one attached hydrogen (secondary N) is 2. The van der Waals surface area contributed by atoms with Crippen molar-refractivity contribution in [2.75, 3.05) is 15.2 Å². The molecule has 0 saturated heterocycles. The fourth-order valence-electron chi connectivity index (χ4n) is 1.73. The van der Waals surface area contributed by atoms with Gasteiger partial charge in [0, 0.05) is 5.69 Å². The Hall–Kier alpha value is -1.48. The molecule has 0 aliphatic heterocycles. The summed E-state index contributed by atoms with van der Waals surface area (Å²) < 4.78 is 52.3. The third-order valence-corrected chi connectivity index (χ3v) is 6.43. The van der Waals surface area contributed by atoms with Gasteiger partial charge in [0.15, 0.2) is 0 Å². The summed E-state index contributed by atoms with van der Waals surface area (Å²) in [7, 11) is -7.26. The number of benzene rings is 2. The molecular weight excluding hydrogens is 395 g/mol. The summed E-state index contributed by atoms with van der Waals surface area (Å²) in [5.41, 5.74) is 0.547. The second kappa shape index (κ2) is 7.18. The Morgan fingerprint density at radius 2 is 1.42 bits per heavy atom. The number of halogens is 2. The van der Waals surface area contributed by atoms with Crippen molar-refractivity contribution in [1.29, 1.82) is 0 Å². The van der Waals surface area contributed by atoms with Crippen LogP contribution in [-0.4, -0.2) is 22.6 Å². The number of rotatable bonds is 6. The van der Waals surface area contributed by atoms with E-state index < -0.39 is 20.0 Å². The average molecular weight is 409 g/mol. The molecule has 0 aromatic heterocycles. The van der Waals surface area contributed by atoms with Crippen LogP contribution in [0.25, 0.3) is 0 Å². The van der Waals surface area contributed by atoms with E-state index >= 15 is 0 Å². The Bertz CT molecular complexity index is 943. The van der Waals surface area contributed by atoms with Crippen LogP contribution in [0.4, 0.5) is 11.4 Å². The molecule has 0 bridgehead atoms. The first-order valence-electron chi connectivity index (χ1n) is 6.71. The van der Waals surface area contributed by atoms with E-state index in [9.17, 15) is 16.8 Å². The van der Waals surface area contributed by atoms with E-state index in [1.54, 1.807) is 0 Å². The minimum atomic E-state index is -3.84. The summed E-state index contributed by atoms with van der Waals surface area (Å²) in [6.45, 7) is 1.50. The van der Waals surface area contributed by atoms with Crippen LogP contribution in [0.15, 0.2) is 47.4 Å². The Morgan fingerprint density at radius 3 is 1.96 bits per heavy atom. The van der Waals surface area contributed by atoms with E-state index in [-0.39, 0.29) is 27.0 Å². The molecule has 0 unspecified atom stereocenters.